The van der Waals surface area contributed by atoms with Gasteiger partial charge >= 0.3 is 11.9 Å². The van der Waals surface area contributed by atoms with Crippen LogP contribution in [0.2, 0.25) is 0 Å². The summed E-state index contributed by atoms with van der Waals surface area (Å²) in [6.07, 6.45) is 36.8. The fourth-order valence-corrected chi connectivity index (χ4v) is 23.8. The summed E-state index contributed by atoms with van der Waals surface area (Å²) in [6.45, 7) is 6.48. The van der Waals surface area contributed by atoms with Gasteiger partial charge < -0.3 is 25.2 Å². The van der Waals surface area contributed by atoms with Gasteiger partial charge in [0.25, 0.3) is 0 Å². The quantitative estimate of drug-likeness (QED) is 0.222. The lowest BCUT2D eigenvalue weighted by Crippen LogP contribution is -2.78. The maximum atomic E-state index is 16.6. The van der Waals surface area contributed by atoms with Crippen LogP contribution >= 0.6 is 0 Å². The van der Waals surface area contributed by atoms with Gasteiger partial charge in [0.1, 0.15) is 11.2 Å². The number of carbonyl (C=O) groups excluding carboxylic acids is 2. The summed E-state index contributed by atoms with van der Waals surface area (Å²) < 4.78 is 14.8. The second-order valence-corrected chi connectivity index (χ2v) is 28.4. The molecule has 5 saturated carbocycles. The molecular weight excluding hydrogens is 903 g/mol. The molecule has 8 fully saturated rings. The number of piperidine rings is 2. The maximum absolute atomic E-state index is 16.6. The van der Waals surface area contributed by atoms with E-state index in [0.717, 1.165) is 56.4 Å². The molecule has 16 atom stereocenters. The first-order valence-corrected chi connectivity index (χ1v) is 31.0. The number of fused-ring (bicyclic) bond motifs is 4. The van der Waals surface area contributed by atoms with E-state index in [4.69, 9.17) is 15.2 Å². The summed E-state index contributed by atoms with van der Waals surface area (Å²) in [7, 11) is 0. The number of aryl methyl sites for hydroxylation is 1. The SMILES string of the molecule is C[C@H]1CC2=C3[C@H]4C5=C6[C@H](/C=C\[C@@H](C7CCCCC7)C[C@H]7[C@]68C(=O)O/C(=C(/O)C[C@@H]([C@@H]6CCC[C@@]9(CCCC9%10CCCC%10)C6)N6C[C@@H]9C[C@H](C6)[C@H](CC2)N3C9)[C@@]8(CC5)[C@]72OC(=O)c3c(CCCN)cccc32)C[C@@H]41. The molecule has 12 bridgehead atoms. The van der Waals surface area contributed by atoms with Crippen molar-refractivity contribution < 1.29 is 24.2 Å². The zero-order valence-corrected chi connectivity index (χ0v) is 44.3. The van der Waals surface area contributed by atoms with Gasteiger partial charge in [-0.15, -0.1) is 0 Å². The largest absolute Gasteiger partial charge is 0.509 e. The Bertz CT molecular complexity index is 2660. The van der Waals surface area contributed by atoms with Crippen molar-refractivity contribution in [3.8, 4) is 0 Å². The minimum atomic E-state index is -1.13. The monoisotopic (exact) mass is 988 g/mol. The molecule has 8 heteroatoms. The second kappa shape index (κ2) is 16.1. The van der Waals surface area contributed by atoms with Gasteiger partial charge in [0.05, 0.1) is 11.0 Å². The van der Waals surface area contributed by atoms with Gasteiger partial charge in [-0.2, -0.15) is 0 Å². The molecule has 1 aromatic carbocycles. The Balaban J connectivity index is 0.950. The van der Waals surface area contributed by atoms with E-state index in [9.17, 15) is 5.11 Å². The van der Waals surface area contributed by atoms with Crippen molar-refractivity contribution in [2.24, 2.45) is 86.6 Å². The lowest BCUT2D eigenvalue weighted by molar-refractivity contribution is -0.282. The van der Waals surface area contributed by atoms with Crippen LogP contribution in [0.1, 0.15) is 195 Å². The first-order chi connectivity index (χ1) is 35.6. The molecule has 19 rings (SSSR count). The predicted octanol–water partition coefficient (Wildman–Crippen LogP) is 12.8. The highest BCUT2D eigenvalue weighted by molar-refractivity contribution is 6.00. The zero-order valence-electron chi connectivity index (χ0n) is 44.3. The Morgan fingerprint density at radius 3 is 2.48 bits per heavy atom. The Kier molecular flexibility index (Phi) is 10.1. The number of benzene rings is 1. The lowest BCUT2D eigenvalue weighted by Gasteiger charge is -2.73. The van der Waals surface area contributed by atoms with Gasteiger partial charge in [0, 0.05) is 61.2 Å². The van der Waals surface area contributed by atoms with E-state index in [0.29, 0.717) is 101 Å². The summed E-state index contributed by atoms with van der Waals surface area (Å²) in [5, 5.41) is 13.9. The third kappa shape index (κ3) is 5.68. The number of allylic oxidation sites excluding steroid dienone is 4. The third-order valence-corrected chi connectivity index (χ3v) is 26.0. The molecule has 0 amide bonds. The second-order valence-electron chi connectivity index (χ2n) is 28.4. The van der Waals surface area contributed by atoms with Crippen LogP contribution < -0.4 is 5.73 Å². The summed E-state index contributed by atoms with van der Waals surface area (Å²) in [5.74, 6) is 4.13. The molecule has 3 saturated heterocycles. The highest BCUT2D eigenvalue weighted by atomic mass is 16.6. The van der Waals surface area contributed by atoms with Gasteiger partial charge in [-0.1, -0.05) is 93.4 Å². The molecule has 390 valence electrons. The van der Waals surface area contributed by atoms with E-state index in [-0.39, 0.29) is 35.7 Å². The normalized spacial score (nSPS) is 48.0. The molecule has 9 heterocycles. The van der Waals surface area contributed by atoms with Crippen LogP contribution in [0.4, 0.5) is 0 Å². The first-order valence-electron chi connectivity index (χ1n) is 31.0. The molecule has 5 spiro atoms. The summed E-state index contributed by atoms with van der Waals surface area (Å²) in [6, 6.07) is 7.21. The van der Waals surface area contributed by atoms with Crippen LogP contribution in [0, 0.1) is 80.8 Å². The Hall–Kier alpha value is -3.36. The number of nitrogens with zero attached hydrogens (tertiary/aromatic N) is 2. The number of rotatable bonds is 5. The minimum absolute atomic E-state index is 0.108. The Labute approximate surface area is 435 Å². The molecule has 3 N–H and O–H groups in total. The molecular formula is C65H85N3O5. The third-order valence-electron chi connectivity index (χ3n) is 26.0. The summed E-state index contributed by atoms with van der Waals surface area (Å²) in [5.41, 5.74) is 12.9. The van der Waals surface area contributed by atoms with Crippen molar-refractivity contribution in [1.29, 1.82) is 0 Å². The molecule has 1 aromatic rings. The molecule has 0 radical (unpaired) electrons. The van der Waals surface area contributed by atoms with Crippen LogP contribution in [0.25, 0.3) is 0 Å². The first kappa shape index (κ1) is 45.8. The number of esters is 2. The lowest BCUT2D eigenvalue weighted by atomic mass is 9.27. The van der Waals surface area contributed by atoms with Crippen LogP contribution in [-0.4, -0.2) is 65.1 Å². The topological polar surface area (TPSA) is 105 Å². The van der Waals surface area contributed by atoms with Gasteiger partial charge in [-0.05, 0) is 198 Å². The standard InChI is InChI=1S/C65H85N3O5/c1-38-29-44-19-20-50-46-30-39-35-67(37-46)51(45-14-8-24-62(34-45)26-10-25-61(62)22-5-6-23-61)33-52(69)58-63-27-21-47-55(57(44)68(50)36-39)48(38)31-43-18-17-42(40-11-3-2-4-12-40)32-53(64(63,56(43)47)60(71)72-58)65(63)49-16-7-13-41(15-9-28-66)54(49)59(70)73-65/h7,13,16-18,38-40,42-43,45-46,48,50-51,53,55,69H,2-6,8-12,14-15,19-37,66H2,1H3/b18-17-,58-52+/t38-,39-,42+,43+,45+,46+,48+,50-,51-,53-,55-,62+,63+,64+,65+/m0/s1. The number of aliphatic hydroxyl groups excluding tert-OH is 1. The number of aliphatic hydroxyl groups is 1. The Morgan fingerprint density at radius 1 is 0.795 bits per heavy atom. The van der Waals surface area contributed by atoms with E-state index in [2.05, 4.69) is 47.1 Å². The molecule has 1 unspecified atom stereocenters. The van der Waals surface area contributed by atoms with E-state index in [1.54, 1.807) is 16.8 Å². The number of hydrogen-bond acceptors (Lipinski definition) is 8. The van der Waals surface area contributed by atoms with E-state index in [1.807, 2.05) is 0 Å². The number of ether oxygens (including phenoxy) is 2. The molecule has 73 heavy (non-hydrogen) atoms. The highest BCUT2D eigenvalue weighted by Crippen LogP contribution is 2.88. The molecule has 9 aliphatic heterocycles. The van der Waals surface area contributed by atoms with E-state index < -0.39 is 16.4 Å². The minimum Gasteiger partial charge on any atom is -0.509 e. The zero-order chi connectivity index (χ0) is 48.8. The van der Waals surface area contributed by atoms with E-state index in [1.165, 1.54) is 134 Å². The maximum Gasteiger partial charge on any atom is 0.339 e. The van der Waals surface area contributed by atoms with Crippen molar-refractivity contribution in [3.05, 3.63) is 81.0 Å². The van der Waals surface area contributed by atoms with Crippen molar-refractivity contribution in [3.63, 3.8) is 0 Å². The number of nitrogens with two attached hydrogens (primary N) is 1. The van der Waals surface area contributed by atoms with Crippen LogP contribution in [-0.2, 0) is 26.3 Å². The predicted molar refractivity (Wildman–Crippen MR) is 281 cm³/mol. The fraction of sp³-hybridized carbons (Fsp3) is 0.754. The van der Waals surface area contributed by atoms with Crippen molar-refractivity contribution in [2.75, 3.05) is 26.2 Å². The van der Waals surface area contributed by atoms with Crippen LogP contribution in [0.5, 0.6) is 0 Å². The average Bonchev–Trinajstić information content (AvgIpc) is 4.28. The van der Waals surface area contributed by atoms with Crippen molar-refractivity contribution >= 4 is 11.9 Å². The molecule has 0 aromatic heterocycles. The van der Waals surface area contributed by atoms with Gasteiger partial charge in [-0.3, -0.25) is 9.69 Å². The molecule has 18 aliphatic rings. The fourth-order valence-electron chi connectivity index (χ4n) is 23.8. The molecule has 9 aliphatic carbocycles. The van der Waals surface area contributed by atoms with Crippen LogP contribution in [0.3, 0.4) is 0 Å². The van der Waals surface area contributed by atoms with Gasteiger partial charge in [0.15, 0.2) is 11.4 Å². The molecule has 8 nitrogen and oxygen atoms in total. The summed E-state index contributed by atoms with van der Waals surface area (Å²) >= 11 is 0. The smallest absolute Gasteiger partial charge is 0.339 e. The van der Waals surface area contributed by atoms with Crippen LogP contribution in [0.15, 0.2) is 64.3 Å². The van der Waals surface area contributed by atoms with Gasteiger partial charge in [0.2, 0.25) is 0 Å². The van der Waals surface area contributed by atoms with Gasteiger partial charge in [-0.25, -0.2) is 4.79 Å². The average molecular weight is 988 g/mol. The summed E-state index contributed by atoms with van der Waals surface area (Å²) in [4.78, 5) is 37.9. The van der Waals surface area contributed by atoms with Crippen molar-refractivity contribution in [1.82, 2.24) is 9.80 Å². The van der Waals surface area contributed by atoms with E-state index >= 15 is 9.59 Å². The Morgan fingerprint density at radius 2 is 1.62 bits per heavy atom. The number of hydrogen-bond donors (Lipinski definition) is 2. The van der Waals surface area contributed by atoms with Crippen molar-refractivity contribution in [2.45, 2.75) is 198 Å². The number of carbonyl (C=O) groups is 2. The highest BCUT2D eigenvalue weighted by Gasteiger charge is 2.94.